The van der Waals surface area contributed by atoms with E-state index in [1.807, 2.05) is 0 Å². The molecule has 0 spiro atoms. The Balaban J connectivity index is 1.88. The van der Waals surface area contributed by atoms with Gasteiger partial charge in [-0.25, -0.2) is 5.43 Å². The average molecular weight is 331 g/mol. The van der Waals surface area contributed by atoms with E-state index in [0.29, 0.717) is 0 Å². The van der Waals surface area contributed by atoms with E-state index in [0.717, 1.165) is 12.1 Å². The minimum Gasteiger partial charge on any atom is -0.388 e. The normalized spacial score (nSPS) is 39.7. The Morgan fingerprint density at radius 2 is 1.78 bits per heavy atom. The third-order valence-electron chi connectivity index (χ3n) is 4.07. The predicted molar refractivity (Wildman–Crippen MR) is 84.0 cm³/mol. The third kappa shape index (κ3) is 4.63. The summed E-state index contributed by atoms with van der Waals surface area (Å²) in [5.41, 5.74) is 6.85. The summed E-state index contributed by atoms with van der Waals surface area (Å²) >= 11 is 0. The molecule has 0 radical (unpaired) electrons. The van der Waals surface area contributed by atoms with E-state index >= 15 is 0 Å². The standard InChI is InChI=1S/C15H29N3O5/c1-14(2)5-8(6-15(3,4)18-14)17-16-7-9-10(19)11(20)12(21)13(22)23-9/h5,9-13,16-22H,6-7H2,1-4H3. The number of hydrogen-bond donors (Lipinski definition) is 7. The fraction of sp³-hybridized carbons (Fsp3) is 0.867. The number of aliphatic hydroxyl groups excluding tert-OH is 4. The van der Waals surface area contributed by atoms with Gasteiger partial charge < -0.3 is 35.9 Å². The van der Waals surface area contributed by atoms with Crippen LogP contribution in [-0.4, -0.2) is 68.8 Å². The average Bonchev–Trinajstić information content (AvgIpc) is 2.38. The lowest BCUT2D eigenvalue weighted by Crippen LogP contribution is -2.61. The molecule has 8 heteroatoms. The zero-order chi connectivity index (χ0) is 17.4. The maximum absolute atomic E-state index is 9.89. The van der Waals surface area contributed by atoms with Crippen LogP contribution in [0.3, 0.4) is 0 Å². The number of ether oxygens (including phenoxy) is 1. The van der Waals surface area contributed by atoms with Crippen LogP contribution in [0.15, 0.2) is 11.8 Å². The molecule has 134 valence electrons. The van der Waals surface area contributed by atoms with Gasteiger partial charge >= 0.3 is 0 Å². The van der Waals surface area contributed by atoms with Crippen LogP contribution in [0.25, 0.3) is 0 Å². The van der Waals surface area contributed by atoms with Gasteiger partial charge in [0.25, 0.3) is 0 Å². The molecule has 8 nitrogen and oxygen atoms in total. The predicted octanol–water partition coefficient (Wildman–Crippen LogP) is -1.69. The largest absolute Gasteiger partial charge is 0.388 e. The lowest BCUT2D eigenvalue weighted by atomic mass is 9.86. The molecule has 7 N–H and O–H groups in total. The molecule has 0 saturated carbocycles. The van der Waals surface area contributed by atoms with Gasteiger partial charge in [-0.05, 0) is 33.8 Å². The molecule has 2 aliphatic heterocycles. The zero-order valence-corrected chi connectivity index (χ0v) is 14.1. The first-order valence-corrected chi connectivity index (χ1v) is 7.88. The first kappa shape index (κ1) is 18.6. The zero-order valence-electron chi connectivity index (χ0n) is 14.1. The fourth-order valence-electron chi connectivity index (χ4n) is 3.36. The maximum Gasteiger partial charge on any atom is 0.184 e. The molecule has 0 aromatic heterocycles. The Kier molecular flexibility index (Phi) is 5.37. The van der Waals surface area contributed by atoms with Crippen molar-refractivity contribution in [2.24, 2.45) is 0 Å². The van der Waals surface area contributed by atoms with Gasteiger partial charge in [0.2, 0.25) is 0 Å². The second kappa shape index (κ2) is 6.64. The molecule has 1 saturated heterocycles. The molecule has 1 fully saturated rings. The highest BCUT2D eigenvalue weighted by atomic mass is 16.6. The van der Waals surface area contributed by atoms with E-state index < -0.39 is 30.7 Å². The van der Waals surface area contributed by atoms with Crippen molar-refractivity contribution in [3.8, 4) is 0 Å². The highest BCUT2D eigenvalue weighted by Crippen LogP contribution is 2.26. The van der Waals surface area contributed by atoms with Crippen LogP contribution in [0.2, 0.25) is 0 Å². The van der Waals surface area contributed by atoms with Gasteiger partial charge in [-0.3, -0.25) is 0 Å². The van der Waals surface area contributed by atoms with E-state index in [4.69, 9.17) is 4.74 Å². The highest BCUT2D eigenvalue weighted by molar-refractivity contribution is 5.18. The molecule has 0 aromatic rings. The minimum atomic E-state index is -1.52. The number of hydrogen-bond acceptors (Lipinski definition) is 8. The summed E-state index contributed by atoms with van der Waals surface area (Å²) in [7, 11) is 0. The molecule has 0 aliphatic carbocycles. The Labute approximate surface area is 136 Å². The second-order valence-corrected chi connectivity index (χ2v) is 7.62. The van der Waals surface area contributed by atoms with Crippen molar-refractivity contribution < 1.29 is 25.2 Å². The summed E-state index contributed by atoms with van der Waals surface area (Å²) in [4.78, 5) is 0. The Morgan fingerprint density at radius 1 is 1.13 bits per heavy atom. The van der Waals surface area contributed by atoms with Crippen LogP contribution < -0.4 is 16.2 Å². The van der Waals surface area contributed by atoms with E-state index in [-0.39, 0.29) is 17.6 Å². The SMILES string of the molecule is CC1(C)C=C(NNCC2OC(O)C(O)C(O)C2O)CC(C)(C)N1. The number of hydrazine groups is 1. The highest BCUT2D eigenvalue weighted by Gasteiger charge is 2.42. The summed E-state index contributed by atoms with van der Waals surface area (Å²) in [6.07, 6.45) is -3.71. The van der Waals surface area contributed by atoms with Gasteiger partial charge in [-0.15, -0.1) is 0 Å². The molecule has 2 rings (SSSR count). The smallest absolute Gasteiger partial charge is 0.184 e. The third-order valence-corrected chi connectivity index (χ3v) is 4.07. The van der Waals surface area contributed by atoms with Crippen molar-refractivity contribution in [2.45, 2.75) is 75.9 Å². The van der Waals surface area contributed by atoms with Gasteiger partial charge in [-0.1, -0.05) is 0 Å². The fourth-order valence-corrected chi connectivity index (χ4v) is 3.36. The topological polar surface area (TPSA) is 126 Å². The van der Waals surface area contributed by atoms with E-state index in [9.17, 15) is 20.4 Å². The summed E-state index contributed by atoms with van der Waals surface area (Å²) in [6, 6.07) is 0. The molecule has 5 atom stereocenters. The lowest BCUT2D eigenvalue weighted by molar-refractivity contribution is -0.280. The molecule has 5 unspecified atom stereocenters. The van der Waals surface area contributed by atoms with Crippen LogP contribution in [0, 0.1) is 0 Å². The van der Waals surface area contributed by atoms with E-state index in [1.165, 1.54) is 0 Å². The monoisotopic (exact) mass is 331 g/mol. The van der Waals surface area contributed by atoms with Crippen LogP contribution in [0.1, 0.15) is 34.1 Å². The summed E-state index contributed by atoms with van der Waals surface area (Å²) < 4.78 is 5.11. The molecule has 2 heterocycles. The molecule has 0 bridgehead atoms. The number of rotatable bonds is 4. The Morgan fingerprint density at radius 3 is 2.39 bits per heavy atom. The van der Waals surface area contributed by atoms with Gasteiger partial charge in [-0.2, -0.15) is 0 Å². The van der Waals surface area contributed by atoms with Gasteiger partial charge in [0.1, 0.15) is 24.4 Å². The maximum atomic E-state index is 9.89. The van der Waals surface area contributed by atoms with Crippen LogP contribution in [-0.2, 0) is 4.74 Å². The summed E-state index contributed by atoms with van der Waals surface area (Å²) in [5, 5.41) is 42.0. The molecule has 2 aliphatic rings. The van der Waals surface area contributed by atoms with Crippen molar-refractivity contribution in [1.82, 2.24) is 16.2 Å². The van der Waals surface area contributed by atoms with Crippen LogP contribution in [0.5, 0.6) is 0 Å². The molecule has 0 amide bonds. The molecular formula is C15H29N3O5. The summed E-state index contributed by atoms with van der Waals surface area (Å²) in [6.45, 7) is 8.56. The molecule has 23 heavy (non-hydrogen) atoms. The lowest BCUT2D eigenvalue weighted by Gasteiger charge is -2.42. The Hall–Kier alpha value is -0.740. The molecule has 0 aromatic carbocycles. The quantitative estimate of drug-likeness (QED) is 0.304. The first-order chi connectivity index (χ1) is 10.5. The van der Waals surface area contributed by atoms with Gasteiger partial charge in [0, 0.05) is 29.7 Å². The van der Waals surface area contributed by atoms with Crippen molar-refractivity contribution in [2.75, 3.05) is 6.54 Å². The van der Waals surface area contributed by atoms with Gasteiger partial charge in [0.05, 0.1) is 0 Å². The summed E-state index contributed by atoms with van der Waals surface area (Å²) in [5.74, 6) is 0. The minimum absolute atomic E-state index is 0.0559. The second-order valence-electron chi connectivity index (χ2n) is 7.62. The van der Waals surface area contributed by atoms with Crippen LogP contribution in [0.4, 0.5) is 0 Å². The van der Waals surface area contributed by atoms with E-state index in [2.05, 4.69) is 49.9 Å². The van der Waals surface area contributed by atoms with Crippen molar-refractivity contribution in [1.29, 1.82) is 0 Å². The number of aliphatic hydroxyl groups is 4. The van der Waals surface area contributed by atoms with Crippen LogP contribution >= 0.6 is 0 Å². The van der Waals surface area contributed by atoms with Gasteiger partial charge in [0.15, 0.2) is 6.29 Å². The van der Waals surface area contributed by atoms with Crippen molar-refractivity contribution >= 4 is 0 Å². The first-order valence-electron chi connectivity index (χ1n) is 7.88. The van der Waals surface area contributed by atoms with Crippen molar-refractivity contribution in [3.63, 3.8) is 0 Å². The van der Waals surface area contributed by atoms with Crippen molar-refractivity contribution in [3.05, 3.63) is 11.8 Å². The van der Waals surface area contributed by atoms with E-state index in [1.54, 1.807) is 0 Å². The number of nitrogens with one attached hydrogen (secondary N) is 3. The Bertz CT molecular complexity index is 454. The molecular weight excluding hydrogens is 302 g/mol.